The number of carbonyl (C=O) groups is 2. The van der Waals surface area contributed by atoms with Gasteiger partial charge in [-0.15, -0.1) is 11.3 Å². The van der Waals surface area contributed by atoms with Gasteiger partial charge in [0.15, 0.2) is 0 Å². The summed E-state index contributed by atoms with van der Waals surface area (Å²) in [5.41, 5.74) is 1.30. The van der Waals surface area contributed by atoms with E-state index >= 15 is 0 Å². The SMILES string of the molecule is CC(C(=O)NCC(=O)O)c1csc(-c2ccc(Cl)cc2Cl)n1. The number of carbonyl (C=O) groups excluding carboxylic acids is 1. The van der Waals surface area contributed by atoms with Crippen LogP contribution < -0.4 is 5.32 Å². The topological polar surface area (TPSA) is 79.3 Å². The average Bonchev–Trinajstić information content (AvgIpc) is 2.93. The largest absolute Gasteiger partial charge is 0.480 e. The van der Waals surface area contributed by atoms with E-state index in [1.165, 1.54) is 11.3 Å². The van der Waals surface area contributed by atoms with Crippen molar-refractivity contribution in [2.24, 2.45) is 0 Å². The van der Waals surface area contributed by atoms with E-state index in [2.05, 4.69) is 10.3 Å². The number of aliphatic carboxylic acids is 1. The smallest absolute Gasteiger partial charge is 0.322 e. The summed E-state index contributed by atoms with van der Waals surface area (Å²) in [6.07, 6.45) is 0. The van der Waals surface area contributed by atoms with Gasteiger partial charge in [-0.1, -0.05) is 23.2 Å². The molecule has 1 aromatic heterocycles. The molecule has 22 heavy (non-hydrogen) atoms. The molecular weight excluding hydrogens is 347 g/mol. The predicted octanol–water partition coefficient (Wildman–Crippen LogP) is 3.42. The fraction of sp³-hybridized carbons (Fsp3) is 0.214. The molecular formula is C14H12Cl2N2O3S. The number of hydrogen-bond acceptors (Lipinski definition) is 4. The van der Waals surface area contributed by atoms with Gasteiger partial charge in [0.1, 0.15) is 11.6 Å². The molecule has 0 saturated carbocycles. The molecule has 1 aromatic carbocycles. The number of rotatable bonds is 5. The predicted molar refractivity (Wildman–Crippen MR) is 86.6 cm³/mol. The fourth-order valence-electron chi connectivity index (χ4n) is 1.72. The average molecular weight is 359 g/mol. The number of aromatic nitrogens is 1. The maximum absolute atomic E-state index is 11.9. The number of carboxylic acid groups (broad SMARTS) is 1. The third-order valence-corrected chi connectivity index (χ3v) is 4.38. The van der Waals surface area contributed by atoms with Gasteiger partial charge < -0.3 is 10.4 Å². The first-order valence-corrected chi connectivity index (χ1v) is 7.92. The summed E-state index contributed by atoms with van der Waals surface area (Å²) in [5.74, 6) is -2.02. The summed E-state index contributed by atoms with van der Waals surface area (Å²) in [7, 11) is 0. The summed E-state index contributed by atoms with van der Waals surface area (Å²) < 4.78 is 0. The van der Waals surface area contributed by atoms with Gasteiger partial charge in [0.2, 0.25) is 5.91 Å². The number of amides is 1. The summed E-state index contributed by atoms with van der Waals surface area (Å²) in [6, 6.07) is 5.11. The van der Waals surface area contributed by atoms with Gasteiger partial charge in [-0.2, -0.15) is 0 Å². The first kappa shape index (κ1) is 16.7. The Kier molecular flexibility index (Phi) is 5.39. The first-order chi connectivity index (χ1) is 10.4. The maximum atomic E-state index is 11.9. The number of thiazole rings is 1. The summed E-state index contributed by atoms with van der Waals surface area (Å²) in [6.45, 7) is 1.25. The number of halogens is 2. The number of carboxylic acids is 1. The van der Waals surface area contributed by atoms with Crippen LogP contribution in [0.25, 0.3) is 10.6 Å². The van der Waals surface area contributed by atoms with Gasteiger partial charge in [0.05, 0.1) is 16.6 Å². The molecule has 0 bridgehead atoms. The monoisotopic (exact) mass is 358 g/mol. The third kappa shape index (κ3) is 3.97. The number of benzene rings is 1. The maximum Gasteiger partial charge on any atom is 0.322 e. The van der Waals surface area contributed by atoms with Gasteiger partial charge in [-0.25, -0.2) is 4.98 Å². The van der Waals surface area contributed by atoms with Crippen molar-refractivity contribution in [1.82, 2.24) is 10.3 Å². The van der Waals surface area contributed by atoms with Crippen LogP contribution >= 0.6 is 34.5 Å². The number of nitrogens with one attached hydrogen (secondary N) is 1. The second-order valence-electron chi connectivity index (χ2n) is 4.53. The highest BCUT2D eigenvalue weighted by molar-refractivity contribution is 7.13. The minimum atomic E-state index is -1.09. The van der Waals surface area contributed by atoms with Crippen LogP contribution in [0.3, 0.4) is 0 Å². The van der Waals surface area contributed by atoms with Crippen molar-refractivity contribution in [3.05, 3.63) is 39.3 Å². The Balaban J connectivity index is 2.17. The molecule has 2 N–H and O–H groups in total. The molecule has 8 heteroatoms. The minimum absolute atomic E-state index is 0.388. The number of hydrogen-bond donors (Lipinski definition) is 2. The molecule has 0 fully saturated rings. The molecule has 1 amide bonds. The zero-order valence-corrected chi connectivity index (χ0v) is 13.8. The Morgan fingerprint density at radius 3 is 2.77 bits per heavy atom. The van der Waals surface area contributed by atoms with Crippen molar-refractivity contribution >= 4 is 46.4 Å². The molecule has 5 nitrogen and oxygen atoms in total. The molecule has 0 radical (unpaired) electrons. The van der Waals surface area contributed by atoms with Crippen molar-refractivity contribution in [3.8, 4) is 10.6 Å². The van der Waals surface area contributed by atoms with E-state index in [4.69, 9.17) is 28.3 Å². The van der Waals surface area contributed by atoms with Crippen molar-refractivity contribution in [2.45, 2.75) is 12.8 Å². The highest BCUT2D eigenvalue weighted by Gasteiger charge is 2.19. The highest BCUT2D eigenvalue weighted by atomic mass is 35.5. The van der Waals surface area contributed by atoms with E-state index in [0.717, 1.165) is 5.56 Å². The molecule has 0 aliphatic carbocycles. The van der Waals surface area contributed by atoms with Gasteiger partial charge in [-0.3, -0.25) is 9.59 Å². The molecule has 0 aliphatic heterocycles. The standard InChI is InChI=1S/C14H12Cl2N2O3S/c1-7(13(21)17-5-12(19)20)11-6-22-14(18-11)9-3-2-8(15)4-10(9)16/h2-4,6-7H,5H2,1H3,(H,17,21)(H,19,20). The van der Waals surface area contributed by atoms with E-state index in [1.54, 1.807) is 30.5 Å². The Hall–Kier alpha value is -1.63. The van der Waals surface area contributed by atoms with Gasteiger partial charge in [-0.05, 0) is 25.1 Å². The second kappa shape index (κ2) is 7.09. The highest BCUT2D eigenvalue weighted by Crippen LogP contribution is 2.33. The lowest BCUT2D eigenvalue weighted by atomic mass is 10.1. The van der Waals surface area contributed by atoms with Gasteiger partial charge in [0, 0.05) is 16.0 Å². The Labute approximate surface area is 140 Å². The van der Waals surface area contributed by atoms with E-state index in [1.807, 2.05) is 0 Å². The molecule has 1 atom stereocenters. The Morgan fingerprint density at radius 1 is 1.41 bits per heavy atom. The quantitative estimate of drug-likeness (QED) is 0.857. The van der Waals surface area contributed by atoms with Crippen LogP contribution in [0.2, 0.25) is 10.0 Å². The summed E-state index contributed by atoms with van der Waals surface area (Å²) >= 11 is 13.4. The summed E-state index contributed by atoms with van der Waals surface area (Å²) in [5, 5.41) is 14.3. The zero-order chi connectivity index (χ0) is 16.3. The van der Waals surface area contributed by atoms with Crippen molar-refractivity contribution < 1.29 is 14.7 Å². The van der Waals surface area contributed by atoms with Crippen molar-refractivity contribution in [3.63, 3.8) is 0 Å². The van der Waals surface area contributed by atoms with E-state index in [0.29, 0.717) is 20.7 Å². The summed E-state index contributed by atoms with van der Waals surface area (Å²) in [4.78, 5) is 26.7. The fourth-order valence-corrected chi connectivity index (χ4v) is 3.23. The molecule has 2 rings (SSSR count). The molecule has 1 heterocycles. The zero-order valence-electron chi connectivity index (χ0n) is 11.5. The van der Waals surface area contributed by atoms with Crippen LogP contribution in [0, 0.1) is 0 Å². The minimum Gasteiger partial charge on any atom is -0.480 e. The molecule has 0 saturated heterocycles. The molecule has 0 aliphatic rings. The second-order valence-corrected chi connectivity index (χ2v) is 6.24. The van der Waals surface area contributed by atoms with Crippen LogP contribution in [0.15, 0.2) is 23.6 Å². The first-order valence-electron chi connectivity index (χ1n) is 6.29. The lowest BCUT2D eigenvalue weighted by Crippen LogP contribution is -2.32. The van der Waals surface area contributed by atoms with Crippen LogP contribution in [0.4, 0.5) is 0 Å². The van der Waals surface area contributed by atoms with E-state index < -0.39 is 18.4 Å². The molecule has 116 valence electrons. The Morgan fingerprint density at radius 2 is 2.14 bits per heavy atom. The van der Waals surface area contributed by atoms with E-state index in [-0.39, 0.29) is 5.91 Å². The van der Waals surface area contributed by atoms with Crippen molar-refractivity contribution in [2.75, 3.05) is 6.54 Å². The van der Waals surface area contributed by atoms with Gasteiger partial charge >= 0.3 is 5.97 Å². The van der Waals surface area contributed by atoms with Crippen LogP contribution in [0.1, 0.15) is 18.5 Å². The van der Waals surface area contributed by atoms with Crippen LogP contribution in [-0.4, -0.2) is 28.5 Å². The van der Waals surface area contributed by atoms with Crippen LogP contribution in [0.5, 0.6) is 0 Å². The van der Waals surface area contributed by atoms with Gasteiger partial charge in [0.25, 0.3) is 0 Å². The third-order valence-electron chi connectivity index (χ3n) is 2.93. The normalized spacial score (nSPS) is 12.0. The molecule has 0 spiro atoms. The Bertz CT molecular complexity index is 718. The van der Waals surface area contributed by atoms with Crippen molar-refractivity contribution in [1.29, 1.82) is 0 Å². The lowest BCUT2D eigenvalue weighted by molar-refractivity contribution is -0.138. The molecule has 2 aromatic rings. The van der Waals surface area contributed by atoms with Crippen LogP contribution in [-0.2, 0) is 9.59 Å². The molecule has 1 unspecified atom stereocenters. The van der Waals surface area contributed by atoms with E-state index in [9.17, 15) is 9.59 Å². The lowest BCUT2D eigenvalue weighted by Gasteiger charge is -2.08. The number of nitrogens with zero attached hydrogens (tertiary/aromatic N) is 1.